The number of aliphatic carboxylic acids is 1. The number of rotatable bonds is 4. The third-order valence-electron chi connectivity index (χ3n) is 3.59. The topological polar surface area (TPSA) is 83.6 Å². The van der Waals surface area contributed by atoms with Gasteiger partial charge in [0.05, 0.1) is 5.92 Å². The van der Waals surface area contributed by atoms with E-state index in [1.807, 2.05) is 0 Å². The molecule has 1 fully saturated rings. The number of hydrogen-bond donors (Lipinski definition) is 2. The molecular formula is C14H17ClN2O3. The van der Waals surface area contributed by atoms with E-state index in [2.05, 4.69) is 4.90 Å². The van der Waals surface area contributed by atoms with Gasteiger partial charge in [-0.25, -0.2) is 0 Å². The Kier molecular flexibility index (Phi) is 4.62. The van der Waals surface area contributed by atoms with Gasteiger partial charge in [0.1, 0.15) is 0 Å². The summed E-state index contributed by atoms with van der Waals surface area (Å²) >= 11 is 6.14. The summed E-state index contributed by atoms with van der Waals surface area (Å²) in [6.07, 6.45) is 1.59. The number of nitrogens with two attached hydrogens (primary N) is 1. The lowest BCUT2D eigenvalue weighted by molar-refractivity contribution is -0.143. The number of benzene rings is 1. The summed E-state index contributed by atoms with van der Waals surface area (Å²) in [6, 6.07) is 4.97. The first-order valence-electron chi connectivity index (χ1n) is 6.50. The lowest BCUT2D eigenvalue weighted by atomic mass is 9.98. The van der Waals surface area contributed by atoms with E-state index in [0.717, 1.165) is 24.9 Å². The van der Waals surface area contributed by atoms with Gasteiger partial charge in [0.15, 0.2) is 0 Å². The first kappa shape index (κ1) is 14.8. The van der Waals surface area contributed by atoms with Gasteiger partial charge in [-0.3, -0.25) is 14.5 Å². The SMILES string of the molecule is NC(=O)c1ccc(CN2CCCC(C(=O)O)C2)c(Cl)c1. The zero-order valence-electron chi connectivity index (χ0n) is 11.0. The van der Waals surface area contributed by atoms with Crippen LogP contribution < -0.4 is 5.73 Å². The van der Waals surface area contributed by atoms with Crippen LogP contribution in [-0.4, -0.2) is 35.0 Å². The Labute approximate surface area is 122 Å². The lowest BCUT2D eigenvalue weighted by Gasteiger charge is -2.30. The first-order chi connectivity index (χ1) is 9.47. The number of hydrogen-bond acceptors (Lipinski definition) is 3. The van der Waals surface area contributed by atoms with E-state index in [4.69, 9.17) is 22.4 Å². The van der Waals surface area contributed by atoms with E-state index in [0.29, 0.717) is 23.7 Å². The van der Waals surface area contributed by atoms with E-state index in [9.17, 15) is 9.59 Å². The number of amides is 1. The largest absolute Gasteiger partial charge is 0.481 e. The average Bonchev–Trinajstić information content (AvgIpc) is 2.41. The summed E-state index contributed by atoms with van der Waals surface area (Å²) in [4.78, 5) is 24.2. The second kappa shape index (κ2) is 6.24. The van der Waals surface area contributed by atoms with Crippen molar-refractivity contribution in [2.75, 3.05) is 13.1 Å². The summed E-state index contributed by atoms with van der Waals surface area (Å²) in [5.41, 5.74) is 6.45. The van der Waals surface area contributed by atoms with Crippen LogP contribution in [0.5, 0.6) is 0 Å². The Bertz CT molecular complexity index is 533. The van der Waals surface area contributed by atoms with Crippen molar-refractivity contribution in [1.29, 1.82) is 0 Å². The molecule has 1 aromatic rings. The summed E-state index contributed by atoms with van der Waals surface area (Å²) in [6.45, 7) is 1.97. The van der Waals surface area contributed by atoms with Crippen molar-refractivity contribution in [2.24, 2.45) is 11.7 Å². The van der Waals surface area contributed by atoms with Crippen LogP contribution in [0.1, 0.15) is 28.8 Å². The predicted octanol–water partition coefficient (Wildman–Crippen LogP) is 1.74. The highest BCUT2D eigenvalue weighted by molar-refractivity contribution is 6.31. The van der Waals surface area contributed by atoms with Gasteiger partial charge in [-0.05, 0) is 37.1 Å². The highest BCUT2D eigenvalue weighted by Gasteiger charge is 2.25. The Hall–Kier alpha value is -1.59. The van der Waals surface area contributed by atoms with Crippen molar-refractivity contribution in [1.82, 2.24) is 4.90 Å². The molecule has 5 nitrogen and oxygen atoms in total. The number of nitrogens with zero attached hydrogens (tertiary/aromatic N) is 1. The minimum Gasteiger partial charge on any atom is -0.481 e. The standard InChI is InChI=1S/C14H17ClN2O3/c15-12-6-9(13(16)18)3-4-10(12)7-17-5-1-2-11(8-17)14(19)20/h3-4,6,11H,1-2,5,7-8H2,(H2,16,18)(H,19,20). The lowest BCUT2D eigenvalue weighted by Crippen LogP contribution is -2.38. The van der Waals surface area contributed by atoms with Gasteiger partial charge in [-0.1, -0.05) is 17.7 Å². The van der Waals surface area contributed by atoms with Crippen molar-refractivity contribution < 1.29 is 14.7 Å². The van der Waals surface area contributed by atoms with E-state index in [1.54, 1.807) is 18.2 Å². The van der Waals surface area contributed by atoms with E-state index >= 15 is 0 Å². The molecule has 108 valence electrons. The van der Waals surface area contributed by atoms with Crippen LogP contribution in [0, 0.1) is 5.92 Å². The third kappa shape index (κ3) is 3.49. The number of carboxylic acids is 1. The number of carboxylic acid groups (broad SMARTS) is 1. The Morgan fingerprint density at radius 3 is 2.80 bits per heavy atom. The van der Waals surface area contributed by atoms with E-state index in [-0.39, 0.29) is 5.92 Å². The monoisotopic (exact) mass is 296 g/mol. The molecule has 1 aliphatic heterocycles. The fraction of sp³-hybridized carbons (Fsp3) is 0.429. The Morgan fingerprint density at radius 2 is 2.20 bits per heavy atom. The number of primary amides is 1. The molecule has 20 heavy (non-hydrogen) atoms. The molecule has 0 bridgehead atoms. The highest BCUT2D eigenvalue weighted by atomic mass is 35.5. The normalized spacial score (nSPS) is 19.8. The highest BCUT2D eigenvalue weighted by Crippen LogP contribution is 2.23. The summed E-state index contributed by atoms with van der Waals surface area (Å²) in [5, 5.41) is 9.56. The van der Waals surface area contributed by atoms with Gasteiger partial charge in [0.25, 0.3) is 0 Å². The van der Waals surface area contributed by atoms with Gasteiger partial charge in [-0.2, -0.15) is 0 Å². The van der Waals surface area contributed by atoms with Gasteiger partial charge < -0.3 is 10.8 Å². The summed E-state index contributed by atoms with van der Waals surface area (Å²) < 4.78 is 0. The van der Waals surface area contributed by atoms with Crippen LogP contribution >= 0.6 is 11.6 Å². The molecule has 0 saturated carbocycles. The van der Waals surface area contributed by atoms with Crippen molar-refractivity contribution in [3.63, 3.8) is 0 Å². The van der Waals surface area contributed by atoms with Crippen LogP contribution in [0.15, 0.2) is 18.2 Å². The molecular weight excluding hydrogens is 280 g/mol. The zero-order chi connectivity index (χ0) is 14.7. The molecule has 1 aliphatic rings. The Morgan fingerprint density at radius 1 is 1.45 bits per heavy atom. The molecule has 0 spiro atoms. The van der Waals surface area contributed by atoms with Gasteiger partial charge in [0, 0.05) is 23.7 Å². The van der Waals surface area contributed by atoms with E-state index < -0.39 is 11.9 Å². The minimum absolute atomic E-state index is 0.313. The van der Waals surface area contributed by atoms with Gasteiger partial charge in [-0.15, -0.1) is 0 Å². The molecule has 0 radical (unpaired) electrons. The molecule has 1 unspecified atom stereocenters. The quantitative estimate of drug-likeness (QED) is 0.886. The van der Waals surface area contributed by atoms with E-state index in [1.165, 1.54) is 0 Å². The predicted molar refractivity (Wildman–Crippen MR) is 75.6 cm³/mol. The van der Waals surface area contributed by atoms with Crippen molar-refractivity contribution >= 4 is 23.5 Å². The maximum absolute atomic E-state index is 11.1. The third-order valence-corrected chi connectivity index (χ3v) is 3.94. The van der Waals surface area contributed by atoms with Crippen molar-refractivity contribution in [3.05, 3.63) is 34.3 Å². The fourth-order valence-corrected chi connectivity index (χ4v) is 2.71. The fourth-order valence-electron chi connectivity index (χ4n) is 2.47. The molecule has 1 atom stereocenters. The summed E-state index contributed by atoms with van der Waals surface area (Å²) in [5.74, 6) is -1.57. The molecule has 1 heterocycles. The molecule has 6 heteroatoms. The smallest absolute Gasteiger partial charge is 0.307 e. The average molecular weight is 297 g/mol. The van der Waals surface area contributed by atoms with Crippen molar-refractivity contribution in [2.45, 2.75) is 19.4 Å². The van der Waals surface area contributed by atoms with Gasteiger partial charge >= 0.3 is 5.97 Å². The number of halogens is 1. The van der Waals surface area contributed by atoms with Crippen LogP contribution in [0.2, 0.25) is 5.02 Å². The number of likely N-dealkylation sites (tertiary alicyclic amines) is 1. The molecule has 1 aromatic carbocycles. The summed E-state index contributed by atoms with van der Waals surface area (Å²) in [7, 11) is 0. The number of piperidine rings is 1. The van der Waals surface area contributed by atoms with Gasteiger partial charge in [0.2, 0.25) is 5.91 Å². The van der Waals surface area contributed by atoms with Crippen molar-refractivity contribution in [3.8, 4) is 0 Å². The number of carbonyl (C=O) groups is 2. The molecule has 2 rings (SSSR count). The van der Waals surface area contributed by atoms with Crippen LogP contribution in [0.3, 0.4) is 0 Å². The molecule has 0 aliphatic carbocycles. The molecule has 3 N–H and O–H groups in total. The zero-order valence-corrected chi connectivity index (χ0v) is 11.8. The van der Waals surface area contributed by atoms with Crippen LogP contribution in [0.25, 0.3) is 0 Å². The minimum atomic E-state index is -0.745. The number of carbonyl (C=O) groups excluding carboxylic acids is 1. The van der Waals surface area contributed by atoms with Crippen LogP contribution in [-0.2, 0) is 11.3 Å². The second-order valence-corrected chi connectivity index (χ2v) is 5.49. The first-order valence-corrected chi connectivity index (χ1v) is 6.88. The Balaban J connectivity index is 2.06. The maximum atomic E-state index is 11.1. The maximum Gasteiger partial charge on any atom is 0.307 e. The molecule has 1 saturated heterocycles. The second-order valence-electron chi connectivity index (χ2n) is 5.08. The van der Waals surface area contributed by atoms with Crippen LogP contribution in [0.4, 0.5) is 0 Å². The molecule has 0 aromatic heterocycles. The molecule has 1 amide bonds.